The smallest absolute Gasteiger partial charge is 0.0326 e. The molecule has 2 bridgehead atoms. The van der Waals surface area contributed by atoms with Crippen LogP contribution in [0.15, 0.2) is 36.7 Å². The van der Waals surface area contributed by atoms with Gasteiger partial charge in [-0.3, -0.25) is 4.98 Å². The van der Waals surface area contributed by atoms with Crippen molar-refractivity contribution in [3.63, 3.8) is 0 Å². The number of hydrogen-bond donors (Lipinski definition) is 1. The van der Waals surface area contributed by atoms with Gasteiger partial charge in [0, 0.05) is 30.4 Å². The maximum Gasteiger partial charge on any atom is 0.0326 e. The molecule has 2 aliphatic heterocycles. The molecule has 1 N–H and O–H groups in total. The van der Waals surface area contributed by atoms with E-state index in [9.17, 15) is 0 Å². The van der Waals surface area contributed by atoms with E-state index in [0.717, 1.165) is 0 Å². The first-order valence-electron chi connectivity index (χ1n) is 4.78. The van der Waals surface area contributed by atoms with Crippen LogP contribution in [-0.2, 0) is 0 Å². The minimum Gasteiger partial charge on any atom is -0.304 e. The molecule has 0 saturated carbocycles. The van der Waals surface area contributed by atoms with Crippen LogP contribution in [-0.4, -0.2) is 17.1 Å². The molecule has 1 aromatic rings. The van der Waals surface area contributed by atoms with Crippen LogP contribution in [0.3, 0.4) is 0 Å². The van der Waals surface area contributed by atoms with Crippen LogP contribution in [0, 0.1) is 0 Å². The average Bonchev–Trinajstić information content (AvgIpc) is 2.80. The Hall–Kier alpha value is -1.15. The monoisotopic (exact) mass is 172 g/mol. The molecule has 3 heterocycles. The minimum atomic E-state index is 0.550. The fraction of sp³-hybridized carbons (Fsp3) is 0.364. The number of pyridine rings is 1. The van der Waals surface area contributed by atoms with Crippen molar-refractivity contribution in [3.8, 4) is 0 Å². The molecule has 0 amide bonds. The summed E-state index contributed by atoms with van der Waals surface area (Å²) in [6, 6.07) is 5.35. The van der Waals surface area contributed by atoms with Gasteiger partial charge in [-0.2, -0.15) is 0 Å². The Bertz CT molecular complexity index is 331. The number of nitrogens with one attached hydrogen (secondary N) is 1. The highest BCUT2D eigenvalue weighted by Gasteiger charge is 2.35. The Morgan fingerprint density at radius 1 is 1.38 bits per heavy atom. The summed E-state index contributed by atoms with van der Waals surface area (Å²) in [5.74, 6) is 0.642. The van der Waals surface area contributed by atoms with Crippen LogP contribution in [0.4, 0.5) is 0 Å². The molecule has 2 aliphatic rings. The van der Waals surface area contributed by atoms with Gasteiger partial charge in [-0.15, -0.1) is 0 Å². The summed E-state index contributed by atoms with van der Waals surface area (Å²) in [5, 5.41) is 3.54. The number of rotatable bonds is 1. The summed E-state index contributed by atoms with van der Waals surface area (Å²) < 4.78 is 0. The van der Waals surface area contributed by atoms with Gasteiger partial charge < -0.3 is 5.32 Å². The fourth-order valence-electron chi connectivity index (χ4n) is 2.37. The highest BCUT2D eigenvalue weighted by Crippen LogP contribution is 2.35. The topological polar surface area (TPSA) is 24.9 Å². The third-order valence-electron chi connectivity index (χ3n) is 3.01. The highest BCUT2D eigenvalue weighted by atomic mass is 15.0. The van der Waals surface area contributed by atoms with E-state index < -0.39 is 0 Å². The zero-order valence-corrected chi connectivity index (χ0v) is 7.35. The van der Waals surface area contributed by atoms with Gasteiger partial charge in [0.15, 0.2) is 0 Å². The Morgan fingerprint density at radius 2 is 2.38 bits per heavy atom. The molecule has 1 saturated heterocycles. The number of aromatic nitrogens is 1. The van der Waals surface area contributed by atoms with Crippen LogP contribution in [0.25, 0.3) is 0 Å². The summed E-state index contributed by atoms with van der Waals surface area (Å²) in [4.78, 5) is 4.16. The first kappa shape index (κ1) is 7.27. The molecule has 66 valence electrons. The molecule has 3 atom stereocenters. The van der Waals surface area contributed by atoms with Crippen LogP contribution in [0.5, 0.6) is 0 Å². The summed E-state index contributed by atoms with van der Waals surface area (Å²) in [5.41, 5.74) is 1.37. The van der Waals surface area contributed by atoms with E-state index in [4.69, 9.17) is 0 Å². The SMILES string of the molecule is C1=CC2NC1CC2c1cccnc1. The first-order valence-corrected chi connectivity index (χ1v) is 4.78. The number of fused-ring (bicyclic) bond motifs is 2. The maximum absolute atomic E-state index is 4.16. The first-order chi connectivity index (χ1) is 6.43. The Labute approximate surface area is 77.7 Å². The quantitative estimate of drug-likeness (QED) is 0.649. The summed E-state index contributed by atoms with van der Waals surface area (Å²) in [6.07, 6.45) is 9.61. The van der Waals surface area contributed by atoms with Crippen LogP contribution < -0.4 is 5.32 Å². The van der Waals surface area contributed by atoms with Gasteiger partial charge >= 0.3 is 0 Å². The molecular weight excluding hydrogens is 160 g/mol. The summed E-state index contributed by atoms with van der Waals surface area (Å²) in [7, 11) is 0. The van der Waals surface area contributed by atoms with Gasteiger partial charge in [0.1, 0.15) is 0 Å². The third-order valence-corrected chi connectivity index (χ3v) is 3.01. The zero-order chi connectivity index (χ0) is 8.67. The van der Waals surface area contributed by atoms with Crippen LogP contribution >= 0.6 is 0 Å². The highest BCUT2D eigenvalue weighted by molar-refractivity contribution is 5.29. The molecule has 3 unspecified atom stereocenters. The maximum atomic E-state index is 4.16. The van der Waals surface area contributed by atoms with E-state index in [1.54, 1.807) is 0 Å². The van der Waals surface area contributed by atoms with Crippen LogP contribution in [0.1, 0.15) is 17.9 Å². The summed E-state index contributed by atoms with van der Waals surface area (Å²) >= 11 is 0. The van der Waals surface area contributed by atoms with Crippen molar-refractivity contribution in [2.75, 3.05) is 0 Å². The molecule has 0 aliphatic carbocycles. The average molecular weight is 172 g/mol. The third kappa shape index (κ3) is 1.10. The Morgan fingerprint density at radius 3 is 3.00 bits per heavy atom. The molecule has 2 heteroatoms. The van der Waals surface area contributed by atoms with Gasteiger partial charge in [0.05, 0.1) is 0 Å². The van der Waals surface area contributed by atoms with Gasteiger partial charge in [-0.25, -0.2) is 0 Å². The van der Waals surface area contributed by atoms with Gasteiger partial charge in [-0.05, 0) is 18.1 Å². The van der Waals surface area contributed by atoms with Crippen molar-refractivity contribution in [1.29, 1.82) is 0 Å². The van der Waals surface area contributed by atoms with E-state index in [1.807, 2.05) is 18.5 Å². The molecule has 3 rings (SSSR count). The Balaban J connectivity index is 1.92. The minimum absolute atomic E-state index is 0.550. The second-order valence-electron chi connectivity index (χ2n) is 3.81. The molecule has 1 fully saturated rings. The summed E-state index contributed by atoms with van der Waals surface area (Å²) in [6.45, 7) is 0. The fourth-order valence-corrected chi connectivity index (χ4v) is 2.37. The van der Waals surface area contributed by atoms with Crippen LogP contribution in [0.2, 0.25) is 0 Å². The molecule has 0 radical (unpaired) electrons. The molecule has 1 aromatic heterocycles. The van der Waals surface area contributed by atoms with E-state index in [0.29, 0.717) is 18.0 Å². The second-order valence-corrected chi connectivity index (χ2v) is 3.81. The predicted molar refractivity (Wildman–Crippen MR) is 51.4 cm³/mol. The van der Waals surface area contributed by atoms with Gasteiger partial charge in [0.25, 0.3) is 0 Å². The lowest BCUT2D eigenvalue weighted by molar-refractivity contribution is 0.651. The second kappa shape index (κ2) is 2.67. The van der Waals surface area contributed by atoms with E-state index in [1.165, 1.54) is 12.0 Å². The van der Waals surface area contributed by atoms with Crippen molar-refractivity contribution in [2.45, 2.75) is 24.4 Å². The normalized spacial score (nSPS) is 35.5. The lowest BCUT2D eigenvalue weighted by Crippen LogP contribution is -2.22. The molecule has 13 heavy (non-hydrogen) atoms. The lowest BCUT2D eigenvalue weighted by atomic mass is 9.89. The molecular formula is C11H12N2. The zero-order valence-electron chi connectivity index (χ0n) is 7.35. The van der Waals surface area contributed by atoms with Crippen molar-refractivity contribution in [2.24, 2.45) is 0 Å². The standard InChI is InChI=1S/C11H12N2/c1-2-8(7-12-5-1)10-6-9-3-4-11(10)13-9/h1-5,7,9-11,13H,6H2. The molecule has 2 nitrogen and oxygen atoms in total. The van der Waals surface area contributed by atoms with Crippen molar-refractivity contribution in [1.82, 2.24) is 10.3 Å². The Kier molecular flexibility index (Phi) is 1.49. The van der Waals surface area contributed by atoms with E-state index >= 15 is 0 Å². The van der Waals surface area contributed by atoms with Crippen molar-refractivity contribution >= 4 is 0 Å². The van der Waals surface area contributed by atoms with Gasteiger partial charge in [0.2, 0.25) is 0 Å². The molecule has 0 aromatic carbocycles. The molecule has 0 spiro atoms. The van der Waals surface area contributed by atoms with Crippen molar-refractivity contribution < 1.29 is 0 Å². The lowest BCUT2D eigenvalue weighted by Gasteiger charge is -2.16. The van der Waals surface area contributed by atoms with E-state index in [-0.39, 0.29) is 0 Å². The van der Waals surface area contributed by atoms with E-state index in [2.05, 4.69) is 28.5 Å². The largest absolute Gasteiger partial charge is 0.304 e. The van der Waals surface area contributed by atoms with Crippen molar-refractivity contribution in [3.05, 3.63) is 42.2 Å². The number of hydrogen-bond acceptors (Lipinski definition) is 2. The number of nitrogens with zero attached hydrogens (tertiary/aromatic N) is 1. The van der Waals surface area contributed by atoms with Gasteiger partial charge in [-0.1, -0.05) is 18.2 Å². The predicted octanol–water partition coefficient (Wildman–Crippen LogP) is 1.47.